The van der Waals surface area contributed by atoms with Crippen LogP contribution in [0.3, 0.4) is 0 Å². The Kier molecular flexibility index (Phi) is 4.69. The first-order chi connectivity index (χ1) is 8.43. The van der Waals surface area contributed by atoms with Gasteiger partial charge in [0.1, 0.15) is 11.9 Å². The number of nitriles is 1. The zero-order valence-corrected chi connectivity index (χ0v) is 11.2. The van der Waals surface area contributed by atoms with Crippen LogP contribution in [0, 0.1) is 22.6 Å². The van der Waals surface area contributed by atoms with Gasteiger partial charge in [-0.15, -0.1) is 0 Å². The molecule has 0 radical (unpaired) electrons. The van der Waals surface area contributed by atoms with E-state index in [1.165, 1.54) is 12.1 Å². The van der Waals surface area contributed by atoms with Gasteiger partial charge in [0.15, 0.2) is 0 Å². The molecule has 3 nitrogen and oxygen atoms in total. The number of anilines is 1. The minimum atomic E-state index is -0.385. The number of halogens is 1. The van der Waals surface area contributed by atoms with Crippen LogP contribution in [-0.2, 0) is 0 Å². The molecule has 0 aliphatic heterocycles. The first-order valence-corrected chi connectivity index (χ1v) is 6.08. The average molecular weight is 249 g/mol. The van der Waals surface area contributed by atoms with E-state index < -0.39 is 0 Å². The highest BCUT2D eigenvalue weighted by molar-refractivity contribution is 5.59. The van der Waals surface area contributed by atoms with Gasteiger partial charge >= 0.3 is 0 Å². The molecule has 98 valence electrons. The third kappa shape index (κ3) is 3.44. The van der Waals surface area contributed by atoms with E-state index in [1.54, 1.807) is 6.07 Å². The molecule has 1 rings (SSSR count). The zero-order valence-electron chi connectivity index (χ0n) is 11.2. The van der Waals surface area contributed by atoms with Gasteiger partial charge in [-0.1, -0.05) is 13.8 Å². The summed E-state index contributed by atoms with van der Waals surface area (Å²) in [5.41, 5.74) is 6.82. The highest BCUT2D eigenvalue weighted by Gasteiger charge is 2.21. The lowest BCUT2D eigenvalue weighted by molar-refractivity contribution is 0.379. The SMILES string of the molecule is CCN(CC(C)(C)CN)c1ccc(F)cc1C#N. The maximum absolute atomic E-state index is 13.1. The summed E-state index contributed by atoms with van der Waals surface area (Å²) in [4.78, 5) is 2.06. The van der Waals surface area contributed by atoms with Crippen molar-refractivity contribution < 1.29 is 4.39 Å². The molecule has 1 aromatic rings. The predicted molar refractivity (Wildman–Crippen MR) is 71.8 cm³/mol. The second-order valence-electron chi connectivity index (χ2n) is 5.16. The van der Waals surface area contributed by atoms with E-state index in [0.717, 1.165) is 18.8 Å². The molecular formula is C14H20FN3. The lowest BCUT2D eigenvalue weighted by Gasteiger charge is -2.33. The first-order valence-electron chi connectivity index (χ1n) is 6.08. The normalized spacial score (nSPS) is 11.1. The summed E-state index contributed by atoms with van der Waals surface area (Å²) in [6.07, 6.45) is 0. The van der Waals surface area contributed by atoms with Gasteiger partial charge in [0, 0.05) is 13.1 Å². The van der Waals surface area contributed by atoms with E-state index in [-0.39, 0.29) is 11.2 Å². The largest absolute Gasteiger partial charge is 0.370 e. The number of nitrogens with two attached hydrogens (primary N) is 1. The summed E-state index contributed by atoms with van der Waals surface area (Å²) in [5, 5.41) is 9.07. The van der Waals surface area contributed by atoms with E-state index in [2.05, 4.69) is 18.7 Å². The summed E-state index contributed by atoms with van der Waals surface area (Å²) < 4.78 is 13.1. The lowest BCUT2D eigenvalue weighted by Crippen LogP contribution is -2.39. The lowest BCUT2D eigenvalue weighted by atomic mass is 9.92. The number of rotatable bonds is 5. The van der Waals surface area contributed by atoms with Crippen LogP contribution in [0.25, 0.3) is 0 Å². The Hall–Kier alpha value is -1.60. The Bertz CT molecular complexity index is 449. The maximum atomic E-state index is 13.1. The Labute approximate surface area is 108 Å². The standard InChI is InChI=1S/C14H20FN3/c1-4-18(10-14(2,3)9-17)13-6-5-12(15)7-11(13)8-16/h5-7H,4,9-10,17H2,1-3H3. The van der Waals surface area contributed by atoms with Gasteiger partial charge in [0.2, 0.25) is 0 Å². The van der Waals surface area contributed by atoms with Crippen molar-refractivity contribution in [1.82, 2.24) is 0 Å². The molecule has 0 spiro atoms. The zero-order chi connectivity index (χ0) is 13.8. The molecule has 0 atom stereocenters. The van der Waals surface area contributed by atoms with Crippen LogP contribution in [0.4, 0.5) is 10.1 Å². The summed E-state index contributed by atoms with van der Waals surface area (Å²) in [7, 11) is 0. The number of hydrogen-bond donors (Lipinski definition) is 1. The van der Waals surface area contributed by atoms with Gasteiger partial charge in [-0.3, -0.25) is 0 Å². The molecule has 0 unspecified atom stereocenters. The Balaban J connectivity index is 3.06. The van der Waals surface area contributed by atoms with E-state index in [1.807, 2.05) is 13.0 Å². The van der Waals surface area contributed by atoms with E-state index >= 15 is 0 Å². The number of nitrogens with zero attached hydrogens (tertiary/aromatic N) is 2. The fourth-order valence-corrected chi connectivity index (χ4v) is 1.82. The monoisotopic (exact) mass is 249 g/mol. The molecule has 2 N–H and O–H groups in total. The van der Waals surface area contributed by atoms with Crippen LogP contribution < -0.4 is 10.6 Å². The van der Waals surface area contributed by atoms with E-state index in [0.29, 0.717) is 12.1 Å². The molecule has 0 saturated heterocycles. The number of hydrogen-bond acceptors (Lipinski definition) is 3. The predicted octanol–water partition coefficient (Wildman–Crippen LogP) is 2.51. The first kappa shape index (κ1) is 14.5. The van der Waals surface area contributed by atoms with Crippen LogP contribution in [0.5, 0.6) is 0 Å². The van der Waals surface area contributed by atoms with Crippen LogP contribution >= 0.6 is 0 Å². The summed E-state index contributed by atoms with van der Waals surface area (Å²) in [5.74, 6) is -0.385. The minimum Gasteiger partial charge on any atom is -0.370 e. The van der Waals surface area contributed by atoms with Gasteiger partial charge in [-0.05, 0) is 37.1 Å². The van der Waals surface area contributed by atoms with Gasteiger partial charge in [-0.2, -0.15) is 5.26 Å². The minimum absolute atomic E-state index is 0.0445. The fraction of sp³-hybridized carbons (Fsp3) is 0.500. The fourth-order valence-electron chi connectivity index (χ4n) is 1.82. The molecule has 0 saturated carbocycles. The third-order valence-electron chi connectivity index (χ3n) is 2.97. The second kappa shape index (κ2) is 5.83. The molecular weight excluding hydrogens is 229 g/mol. The van der Waals surface area contributed by atoms with Gasteiger partial charge in [-0.25, -0.2) is 4.39 Å². The molecule has 0 heterocycles. The van der Waals surface area contributed by atoms with E-state index in [4.69, 9.17) is 11.0 Å². The molecule has 0 aromatic heterocycles. The summed E-state index contributed by atoms with van der Waals surface area (Å²) in [6, 6.07) is 6.35. The third-order valence-corrected chi connectivity index (χ3v) is 2.97. The molecule has 18 heavy (non-hydrogen) atoms. The molecule has 1 aromatic carbocycles. The highest BCUT2D eigenvalue weighted by Crippen LogP contribution is 2.25. The quantitative estimate of drug-likeness (QED) is 0.872. The molecule has 0 bridgehead atoms. The van der Waals surface area contributed by atoms with Crippen molar-refractivity contribution in [2.75, 3.05) is 24.5 Å². The molecule has 4 heteroatoms. The molecule has 0 aliphatic carbocycles. The van der Waals surface area contributed by atoms with Crippen molar-refractivity contribution >= 4 is 5.69 Å². The van der Waals surface area contributed by atoms with Crippen LogP contribution in [0.15, 0.2) is 18.2 Å². The molecule has 0 fully saturated rings. The van der Waals surface area contributed by atoms with Gasteiger partial charge in [0.05, 0.1) is 11.3 Å². The summed E-state index contributed by atoms with van der Waals surface area (Å²) in [6.45, 7) is 8.21. The van der Waals surface area contributed by atoms with Crippen LogP contribution in [0.2, 0.25) is 0 Å². The van der Waals surface area contributed by atoms with Crippen molar-refractivity contribution in [2.45, 2.75) is 20.8 Å². The Morgan fingerprint density at radius 2 is 2.11 bits per heavy atom. The van der Waals surface area contributed by atoms with Crippen LogP contribution in [-0.4, -0.2) is 19.6 Å². The number of benzene rings is 1. The van der Waals surface area contributed by atoms with Crippen molar-refractivity contribution in [3.63, 3.8) is 0 Å². The summed E-state index contributed by atoms with van der Waals surface area (Å²) >= 11 is 0. The van der Waals surface area contributed by atoms with Crippen molar-refractivity contribution in [3.8, 4) is 6.07 Å². The maximum Gasteiger partial charge on any atom is 0.124 e. The van der Waals surface area contributed by atoms with Crippen molar-refractivity contribution in [3.05, 3.63) is 29.6 Å². The molecule has 0 aliphatic rings. The smallest absolute Gasteiger partial charge is 0.124 e. The van der Waals surface area contributed by atoms with Crippen LogP contribution in [0.1, 0.15) is 26.3 Å². The second-order valence-corrected chi connectivity index (χ2v) is 5.16. The van der Waals surface area contributed by atoms with E-state index in [9.17, 15) is 4.39 Å². The van der Waals surface area contributed by atoms with Gasteiger partial charge in [0.25, 0.3) is 0 Å². The Morgan fingerprint density at radius 3 is 2.61 bits per heavy atom. The van der Waals surface area contributed by atoms with Crippen molar-refractivity contribution in [1.29, 1.82) is 5.26 Å². The Morgan fingerprint density at radius 1 is 1.44 bits per heavy atom. The topological polar surface area (TPSA) is 53.0 Å². The highest BCUT2D eigenvalue weighted by atomic mass is 19.1. The molecule has 0 amide bonds. The van der Waals surface area contributed by atoms with Gasteiger partial charge < -0.3 is 10.6 Å². The average Bonchev–Trinajstić information content (AvgIpc) is 2.36. The van der Waals surface area contributed by atoms with Crippen molar-refractivity contribution in [2.24, 2.45) is 11.1 Å².